The molecule has 7 heteroatoms. The predicted octanol–water partition coefficient (Wildman–Crippen LogP) is 0.644. The van der Waals surface area contributed by atoms with Crippen LogP contribution in [0.4, 0.5) is 5.82 Å². The molecule has 0 aliphatic carbocycles. The Morgan fingerprint density at radius 2 is 2.40 bits per heavy atom. The van der Waals surface area contributed by atoms with E-state index in [0.717, 1.165) is 6.42 Å². The average Bonchev–Trinajstić information content (AvgIpc) is 2.52. The zero-order valence-corrected chi connectivity index (χ0v) is 11.7. The third-order valence-electron chi connectivity index (χ3n) is 2.91. The highest BCUT2D eigenvalue weighted by molar-refractivity contribution is 5.75. The standard InChI is InChI=1S/C13H19N3O4/c1-3-5-20-12-8-14-7-11(15-12)16-4-6-19-10(9-16)13(17)18-2/h7-8,10H,3-6,9H2,1-2H3. The molecule has 1 aliphatic heterocycles. The number of methoxy groups -OCH3 is 1. The monoisotopic (exact) mass is 281 g/mol. The highest BCUT2D eigenvalue weighted by Crippen LogP contribution is 2.17. The van der Waals surface area contributed by atoms with Crippen molar-refractivity contribution in [1.82, 2.24) is 9.97 Å². The van der Waals surface area contributed by atoms with Crippen LogP contribution in [0, 0.1) is 0 Å². The largest absolute Gasteiger partial charge is 0.477 e. The second kappa shape index (κ2) is 7.04. The van der Waals surface area contributed by atoms with Gasteiger partial charge < -0.3 is 19.1 Å². The van der Waals surface area contributed by atoms with Gasteiger partial charge in [0.05, 0.1) is 39.3 Å². The number of ether oxygens (including phenoxy) is 3. The number of rotatable bonds is 5. The van der Waals surface area contributed by atoms with Crippen LogP contribution < -0.4 is 9.64 Å². The maximum absolute atomic E-state index is 11.5. The topological polar surface area (TPSA) is 73.8 Å². The zero-order chi connectivity index (χ0) is 14.4. The van der Waals surface area contributed by atoms with Gasteiger partial charge in [-0.15, -0.1) is 0 Å². The number of aromatic nitrogens is 2. The molecule has 1 atom stereocenters. The summed E-state index contributed by atoms with van der Waals surface area (Å²) < 4.78 is 15.5. The molecule has 0 saturated carbocycles. The number of carbonyl (C=O) groups excluding carboxylic acids is 1. The Hall–Kier alpha value is -1.89. The van der Waals surface area contributed by atoms with Crippen molar-refractivity contribution in [2.45, 2.75) is 19.4 Å². The normalized spacial score (nSPS) is 18.7. The van der Waals surface area contributed by atoms with Crippen molar-refractivity contribution in [3.8, 4) is 5.88 Å². The van der Waals surface area contributed by atoms with Gasteiger partial charge in [0.1, 0.15) is 0 Å². The Balaban J connectivity index is 2.04. The van der Waals surface area contributed by atoms with Crippen LogP contribution in [0.2, 0.25) is 0 Å². The second-order valence-corrected chi connectivity index (χ2v) is 4.39. The van der Waals surface area contributed by atoms with Gasteiger partial charge in [-0.2, -0.15) is 4.98 Å². The summed E-state index contributed by atoms with van der Waals surface area (Å²) in [5, 5.41) is 0. The molecule has 2 rings (SSSR count). The third kappa shape index (κ3) is 3.57. The molecule has 1 saturated heterocycles. The van der Waals surface area contributed by atoms with E-state index < -0.39 is 6.10 Å². The lowest BCUT2D eigenvalue weighted by Gasteiger charge is -2.32. The fourth-order valence-corrected chi connectivity index (χ4v) is 1.90. The number of anilines is 1. The van der Waals surface area contributed by atoms with E-state index in [2.05, 4.69) is 9.97 Å². The lowest BCUT2D eigenvalue weighted by atomic mass is 10.3. The summed E-state index contributed by atoms with van der Waals surface area (Å²) in [6, 6.07) is 0. The van der Waals surface area contributed by atoms with Crippen LogP contribution in [0.15, 0.2) is 12.4 Å². The molecule has 1 unspecified atom stereocenters. The van der Waals surface area contributed by atoms with Crippen molar-refractivity contribution in [2.24, 2.45) is 0 Å². The molecule has 1 aliphatic rings. The number of hydrogen-bond donors (Lipinski definition) is 0. The fraction of sp³-hybridized carbons (Fsp3) is 0.615. The molecule has 0 spiro atoms. The summed E-state index contributed by atoms with van der Waals surface area (Å²) >= 11 is 0. The first-order chi connectivity index (χ1) is 9.74. The number of carbonyl (C=O) groups is 1. The molecule has 1 aromatic heterocycles. The highest BCUT2D eigenvalue weighted by atomic mass is 16.6. The van der Waals surface area contributed by atoms with Crippen molar-refractivity contribution in [2.75, 3.05) is 38.3 Å². The lowest BCUT2D eigenvalue weighted by molar-refractivity contribution is -0.154. The van der Waals surface area contributed by atoms with Gasteiger partial charge in [0.2, 0.25) is 5.88 Å². The van der Waals surface area contributed by atoms with Gasteiger partial charge in [0.25, 0.3) is 0 Å². The zero-order valence-electron chi connectivity index (χ0n) is 11.7. The Morgan fingerprint density at radius 3 is 3.15 bits per heavy atom. The molecule has 0 bridgehead atoms. The molecule has 7 nitrogen and oxygen atoms in total. The minimum atomic E-state index is -0.587. The van der Waals surface area contributed by atoms with Crippen LogP contribution in [0.1, 0.15) is 13.3 Å². The van der Waals surface area contributed by atoms with E-state index in [4.69, 9.17) is 14.2 Å². The van der Waals surface area contributed by atoms with Crippen molar-refractivity contribution >= 4 is 11.8 Å². The van der Waals surface area contributed by atoms with Crippen molar-refractivity contribution in [1.29, 1.82) is 0 Å². The van der Waals surface area contributed by atoms with Crippen molar-refractivity contribution < 1.29 is 19.0 Å². The highest BCUT2D eigenvalue weighted by Gasteiger charge is 2.28. The molecule has 20 heavy (non-hydrogen) atoms. The van der Waals surface area contributed by atoms with Gasteiger partial charge >= 0.3 is 5.97 Å². The quantitative estimate of drug-likeness (QED) is 0.733. The van der Waals surface area contributed by atoms with Crippen LogP contribution in [0.25, 0.3) is 0 Å². The molecule has 0 radical (unpaired) electrons. The number of nitrogens with zero attached hydrogens (tertiary/aromatic N) is 3. The van der Waals surface area contributed by atoms with E-state index in [1.54, 1.807) is 12.4 Å². The average molecular weight is 281 g/mol. The van der Waals surface area contributed by atoms with Crippen LogP contribution in [0.5, 0.6) is 5.88 Å². The molecule has 1 aromatic rings. The molecule has 0 aromatic carbocycles. The summed E-state index contributed by atoms with van der Waals surface area (Å²) in [7, 11) is 1.35. The summed E-state index contributed by atoms with van der Waals surface area (Å²) in [6.45, 7) is 4.13. The minimum Gasteiger partial charge on any atom is -0.477 e. The molecular formula is C13H19N3O4. The number of hydrogen-bond acceptors (Lipinski definition) is 7. The molecule has 0 N–H and O–H groups in total. The maximum atomic E-state index is 11.5. The minimum absolute atomic E-state index is 0.374. The van der Waals surface area contributed by atoms with E-state index in [0.29, 0.717) is 38.0 Å². The van der Waals surface area contributed by atoms with Gasteiger partial charge in [-0.25, -0.2) is 4.79 Å². The first-order valence-corrected chi connectivity index (χ1v) is 6.63. The van der Waals surface area contributed by atoms with Gasteiger partial charge in [-0.1, -0.05) is 6.92 Å². The van der Waals surface area contributed by atoms with Crippen molar-refractivity contribution in [3.05, 3.63) is 12.4 Å². The molecule has 2 heterocycles. The fourth-order valence-electron chi connectivity index (χ4n) is 1.90. The van der Waals surface area contributed by atoms with Crippen LogP contribution in [-0.4, -0.2) is 55.5 Å². The lowest BCUT2D eigenvalue weighted by Crippen LogP contribution is -2.46. The smallest absolute Gasteiger partial charge is 0.336 e. The van der Waals surface area contributed by atoms with Crippen LogP contribution >= 0.6 is 0 Å². The van der Waals surface area contributed by atoms with Gasteiger partial charge in [0.15, 0.2) is 11.9 Å². The predicted molar refractivity (Wildman–Crippen MR) is 71.8 cm³/mol. The maximum Gasteiger partial charge on any atom is 0.336 e. The van der Waals surface area contributed by atoms with E-state index >= 15 is 0 Å². The van der Waals surface area contributed by atoms with Crippen LogP contribution in [0.3, 0.4) is 0 Å². The Labute approximate surface area is 117 Å². The first-order valence-electron chi connectivity index (χ1n) is 6.63. The SMILES string of the molecule is CCCOc1cncc(N2CCOC(C(=O)OC)C2)n1. The Kier molecular flexibility index (Phi) is 5.11. The molecule has 0 amide bonds. The van der Waals surface area contributed by atoms with Gasteiger partial charge in [-0.3, -0.25) is 4.98 Å². The molecule has 110 valence electrons. The van der Waals surface area contributed by atoms with E-state index in [1.165, 1.54) is 7.11 Å². The van der Waals surface area contributed by atoms with E-state index in [9.17, 15) is 4.79 Å². The molecular weight excluding hydrogens is 262 g/mol. The van der Waals surface area contributed by atoms with Gasteiger partial charge in [-0.05, 0) is 6.42 Å². The summed E-state index contributed by atoms with van der Waals surface area (Å²) in [5.41, 5.74) is 0. The van der Waals surface area contributed by atoms with Crippen molar-refractivity contribution in [3.63, 3.8) is 0 Å². The Bertz CT molecular complexity index is 455. The van der Waals surface area contributed by atoms with Gasteiger partial charge in [0, 0.05) is 6.54 Å². The van der Waals surface area contributed by atoms with E-state index in [-0.39, 0.29) is 5.97 Å². The number of morpholine rings is 1. The summed E-state index contributed by atoms with van der Waals surface area (Å²) in [6.07, 6.45) is 3.56. The van der Waals surface area contributed by atoms with Crippen LogP contribution in [-0.2, 0) is 14.3 Å². The number of esters is 1. The summed E-state index contributed by atoms with van der Waals surface area (Å²) in [5.74, 6) is 0.794. The molecule has 1 fully saturated rings. The Morgan fingerprint density at radius 1 is 1.55 bits per heavy atom. The van der Waals surface area contributed by atoms with E-state index in [1.807, 2.05) is 11.8 Å². The first kappa shape index (κ1) is 14.5. The second-order valence-electron chi connectivity index (χ2n) is 4.39. The summed E-state index contributed by atoms with van der Waals surface area (Å²) in [4.78, 5) is 22.0. The third-order valence-corrected chi connectivity index (χ3v) is 2.91.